The number of nitrogens with two attached hydrogens (primary N) is 1. The zero-order chi connectivity index (χ0) is 16.5. The fourth-order valence-corrected chi connectivity index (χ4v) is 4.43. The fourth-order valence-electron chi connectivity index (χ4n) is 1.94. The molecule has 0 aliphatic heterocycles. The molecule has 0 unspecified atom stereocenters. The fraction of sp³-hybridized carbons (Fsp3) is 0.231. The van der Waals surface area contributed by atoms with Crippen LogP contribution >= 0.6 is 0 Å². The van der Waals surface area contributed by atoms with Crippen LogP contribution in [0.4, 0.5) is 0 Å². The van der Waals surface area contributed by atoms with Crippen LogP contribution in [0, 0.1) is 6.92 Å². The molecule has 0 saturated heterocycles. The summed E-state index contributed by atoms with van der Waals surface area (Å²) in [4.78, 5) is -0.791. The average Bonchev–Trinajstić information content (AvgIpc) is 2.83. The van der Waals surface area contributed by atoms with Crippen molar-refractivity contribution in [3.8, 4) is 0 Å². The van der Waals surface area contributed by atoms with Gasteiger partial charge in [0.05, 0.1) is 6.54 Å². The molecule has 0 saturated carbocycles. The van der Waals surface area contributed by atoms with Gasteiger partial charge in [0.15, 0.2) is 0 Å². The average molecular weight is 344 g/mol. The number of furan rings is 1. The number of hydrogen-bond acceptors (Lipinski definition) is 5. The highest BCUT2D eigenvalue weighted by Crippen LogP contribution is 2.23. The number of nitrogens with zero attached hydrogens (tertiary/aromatic N) is 1. The van der Waals surface area contributed by atoms with E-state index >= 15 is 0 Å². The monoisotopic (exact) mass is 344 g/mol. The second kappa shape index (κ2) is 5.84. The highest BCUT2D eigenvalue weighted by atomic mass is 32.2. The molecule has 2 aromatic rings. The third-order valence-corrected chi connectivity index (χ3v) is 5.98. The van der Waals surface area contributed by atoms with Gasteiger partial charge in [-0.25, -0.2) is 22.0 Å². The summed E-state index contributed by atoms with van der Waals surface area (Å²) in [6.07, 6.45) is 0. The Morgan fingerprint density at radius 2 is 1.64 bits per heavy atom. The standard InChI is InChI=1S/C13H16N2O5S2/c1-10-7-8-11(20-10)9-15(2)22(18,19)13-6-4-3-5-12(13)21(14,16)17/h3-8H,9H2,1-2H3,(H2,14,16,17). The van der Waals surface area contributed by atoms with Crippen molar-refractivity contribution in [2.45, 2.75) is 23.3 Å². The van der Waals surface area contributed by atoms with Gasteiger partial charge in [-0.05, 0) is 31.2 Å². The lowest BCUT2D eigenvalue weighted by Gasteiger charge is -2.17. The van der Waals surface area contributed by atoms with E-state index in [0.29, 0.717) is 11.5 Å². The number of rotatable bonds is 5. The van der Waals surface area contributed by atoms with Gasteiger partial charge in [0.25, 0.3) is 0 Å². The van der Waals surface area contributed by atoms with E-state index in [4.69, 9.17) is 9.56 Å². The zero-order valence-electron chi connectivity index (χ0n) is 12.1. The number of aryl methyl sites for hydroxylation is 1. The van der Waals surface area contributed by atoms with Crippen molar-refractivity contribution in [2.24, 2.45) is 5.14 Å². The minimum absolute atomic E-state index is 0.0187. The molecule has 7 nitrogen and oxygen atoms in total. The molecule has 22 heavy (non-hydrogen) atoms. The Balaban J connectivity index is 2.43. The van der Waals surface area contributed by atoms with Crippen molar-refractivity contribution in [3.05, 3.63) is 47.9 Å². The SMILES string of the molecule is Cc1ccc(CN(C)S(=O)(=O)c2ccccc2S(N)(=O)=O)o1. The molecule has 1 heterocycles. The highest BCUT2D eigenvalue weighted by Gasteiger charge is 2.28. The van der Waals surface area contributed by atoms with Crippen LogP contribution in [0.25, 0.3) is 0 Å². The normalized spacial score (nSPS) is 12.7. The number of primary sulfonamides is 1. The molecule has 1 aromatic carbocycles. The summed E-state index contributed by atoms with van der Waals surface area (Å²) in [5.41, 5.74) is 0. The second-order valence-electron chi connectivity index (χ2n) is 4.77. The summed E-state index contributed by atoms with van der Waals surface area (Å²) in [6.45, 7) is 1.73. The molecule has 0 atom stereocenters. The first-order valence-corrected chi connectivity index (χ1v) is 9.24. The molecular weight excluding hydrogens is 328 g/mol. The summed E-state index contributed by atoms with van der Waals surface area (Å²) in [6, 6.07) is 8.59. The Morgan fingerprint density at radius 3 is 2.14 bits per heavy atom. The van der Waals surface area contributed by atoms with Crippen molar-refractivity contribution in [2.75, 3.05) is 7.05 Å². The maximum absolute atomic E-state index is 12.6. The van der Waals surface area contributed by atoms with E-state index in [-0.39, 0.29) is 11.4 Å². The van der Waals surface area contributed by atoms with Crippen LogP contribution in [0.5, 0.6) is 0 Å². The summed E-state index contributed by atoms with van der Waals surface area (Å²) < 4.78 is 54.6. The highest BCUT2D eigenvalue weighted by molar-refractivity contribution is 7.92. The summed E-state index contributed by atoms with van der Waals surface area (Å²) in [7, 11) is -6.84. The Bertz CT molecular complexity index is 885. The van der Waals surface area contributed by atoms with E-state index in [1.165, 1.54) is 25.2 Å². The number of hydrogen-bond donors (Lipinski definition) is 1. The molecule has 0 spiro atoms. The van der Waals surface area contributed by atoms with E-state index < -0.39 is 24.9 Å². The molecule has 0 aliphatic rings. The Hall–Kier alpha value is -1.68. The molecule has 9 heteroatoms. The molecule has 0 fully saturated rings. The van der Waals surface area contributed by atoms with Gasteiger partial charge in [0.1, 0.15) is 21.3 Å². The summed E-state index contributed by atoms with van der Waals surface area (Å²) in [5, 5.41) is 5.08. The van der Waals surface area contributed by atoms with E-state index in [1.54, 1.807) is 19.1 Å². The Morgan fingerprint density at radius 1 is 1.05 bits per heavy atom. The molecule has 2 N–H and O–H groups in total. The zero-order valence-corrected chi connectivity index (χ0v) is 13.7. The molecule has 2 rings (SSSR count). The van der Waals surface area contributed by atoms with Gasteiger partial charge in [0, 0.05) is 7.05 Å². The van der Waals surface area contributed by atoms with Crippen molar-refractivity contribution in [3.63, 3.8) is 0 Å². The first-order valence-electron chi connectivity index (χ1n) is 6.26. The predicted molar refractivity (Wildman–Crippen MR) is 79.9 cm³/mol. The Kier molecular flexibility index (Phi) is 4.43. The first kappa shape index (κ1) is 16.7. The van der Waals surface area contributed by atoms with Crippen molar-refractivity contribution >= 4 is 20.0 Å². The van der Waals surface area contributed by atoms with Crippen LogP contribution in [0.1, 0.15) is 11.5 Å². The van der Waals surface area contributed by atoms with Crippen molar-refractivity contribution in [1.82, 2.24) is 4.31 Å². The third kappa shape index (κ3) is 3.38. The number of benzene rings is 1. The van der Waals surface area contributed by atoms with Gasteiger partial charge >= 0.3 is 0 Å². The maximum Gasteiger partial charge on any atom is 0.244 e. The lowest BCUT2D eigenvalue weighted by Crippen LogP contribution is -2.28. The van der Waals surface area contributed by atoms with Gasteiger partial charge in [-0.15, -0.1) is 0 Å². The molecule has 1 aromatic heterocycles. The second-order valence-corrected chi connectivity index (χ2v) is 8.31. The van der Waals surface area contributed by atoms with Gasteiger partial charge in [-0.2, -0.15) is 4.31 Å². The van der Waals surface area contributed by atoms with E-state index in [0.717, 1.165) is 10.4 Å². The third-order valence-electron chi connectivity index (χ3n) is 3.02. The van der Waals surface area contributed by atoms with Gasteiger partial charge in [0.2, 0.25) is 20.0 Å². The van der Waals surface area contributed by atoms with Crippen molar-refractivity contribution < 1.29 is 21.3 Å². The van der Waals surface area contributed by atoms with Gasteiger partial charge < -0.3 is 4.42 Å². The van der Waals surface area contributed by atoms with E-state index in [1.807, 2.05) is 0 Å². The minimum atomic E-state index is -4.15. The van der Waals surface area contributed by atoms with Crippen LogP contribution in [-0.2, 0) is 26.6 Å². The largest absolute Gasteiger partial charge is 0.465 e. The quantitative estimate of drug-likeness (QED) is 0.872. The predicted octanol–water partition coefficient (Wildman–Crippen LogP) is 1.06. The topological polar surface area (TPSA) is 111 Å². The van der Waals surface area contributed by atoms with Crippen LogP contribution < -0.4 is 5.14 Å². The van der Waals surface area contributed by atoms with Crippen LogP contribution in [-0.4, -0.2) is 28.2 Å². The Labute approximate surface area is 129 Å². The van der Waals surface area contributed by atoms with E-state index in [2.05, 4.69) is 0 Å². The van der Waals surface area contributed by atoms with E-state index in [9.17, 15) is 16.8 Å². The molecule has 120 valence electrons. The summed E-state index contributed by atoms with van der Waals surface area (Å²) >= 11 is 0. The smallest absolute Gasteiger partial charge is 0.244 e. The maximum atomic E-state index is 12.6. The van der Waals surface area contributed by atoms with Crippen LogP contribution in [0.3, 0.4) is 0 Å². The molecule has 0 amide bonds. The lowest BCUT2D eigenvalue weighted by molar-refractivity contribution is 0.396. The summed E-state index contributed by atoms with van der Waals surface area (Å²) in [5.74, 6) is 1.11. The molecule has 0 bridgehead atoms. The van der Waals surface area contributed by atoms with Crippen LogP contribution in [0.2, 0.25) is 0 Å². The first-order chi connectivity index (χ1) is 10.1. The molecule has 0 aliphatic carbocycles. The lowest BCUT2D eigenvalue weighted by atomic mass is 10.4. The number of sulfonamides is 2. The molecular formula is C13H16N2O5S2. The minimum Gasteiger partial charge on any atom is -0.465 e. The molecule has 0 radical (unpaired) electrons. The van der Waals surface area contributed by atoms with Gasteiger partial charge in [-0.1, -0.05) is 12.1 Å². The van der Waals surface area contributed by atoms with Crippen LogP contribution in [0.15, 0.2) is 50.6 Å². The van der Waals surface area contributed by atoms with Crippen molar-refractivity contribution in [1.29, 1.82) is 0 Å². The van der Waals surface area contributed by atoms with Gasteiger partial charge in [-0.3, -0.25) is 0 Å².